The molecule has 0 atom stereocenters. The fraction of sp³-hybridized carbons (Fsp3) is 0.300. The highest BCUT2D eigenvalue weighted by Crippen LogP contribution is 2.37. The molecule has 174 valence electrons. The van der Waals surface area contributed by atoms with Gasteiger partial charge >= 0.3 is 6.18 Å². The van der Waals surface area contributed by atoms with Crippen LogP contribution in [-0.2, 0) is 17.4 Å². The zero-order valence-electron chi connectivity index (χ0n) is 17.4. The van der Waals surface area contributed by atoms with Crippen LogP contribution >= 0.6 is 11.8 Å². The molecule has 0 aliphatic carbocycles. The summed E-state index contributed by atoms with van der Waals surface area (Å²) in [5.41, 5.74) is -0.748. The molecule has 0 fully saturated rings. The number of alkyl halides is 3. The van der Waals surface area contributed by atoms with Crippen molar-refractivity contribution < 1.29 is 22.9 Å². The van der Waals surface area contributed by atoms with E-state index in [1.807, 2.05) is 24.3 Å². The molecule has 0 unspecified atom stereocenters. The van der Waals surface area contributed by atoms with E-state index in [2.05, 4.69) is 27.8 Å². The molecule has 3 aromatic rings. The molecule has 0 spiro atoms. The van der Waals surface area contributed by atoms with Gasteiger partial charge in [0.05, 0.1) is 27.6 Å². The van der Waals surface area contributed by atoms with Gasteiger partial charge in [-0.2, -0.15) is 17.9 Å². The van der Waals surface area contributed by atoms with Crippen molar-refractivity contribution in [2.24, 2.45) is 0 Å². The number of thioether (sulfide) groups is 1. The van der Waals surface area contributed by atoms with E-state index < -0.39 is 33.9 Å². The van der Waals surface area contributed by atoms with Crippen LogP contribution in [0, 0.1) is 10.1 Å². The average molecular weight is 480 g/mol. The molecular formula is C20H19F3N6O3S. The number of halogens is 3. The number of tetrazole rings is 1. The molecule has 9 nitrogen and oxygen atoms in total. The Morgan fingerprint density at radius 1 is 1.21 bits per heavy atom. The van der Waals surface area contributed by atoms with E-state index in [1.54, 1.807) is 0 Å². The van der Waals surface area contributed by atoms with Crippen LogP contribution in [0.4, 0.5) is 24.5 Å². The molecule has 3 rings (SSSR count). The number of benzene rings is 2. The molecule has 0 radical (unpaired) electrons. The van der Waals surface area contributed by atoms with Crippen molar-refractivity contribution in [2.45, 2.75) is 37.5 Å². The Morgan fingerprint density at radius 3 is 2.58 bits per heavy atom. The Kier molecular flexibility index (Phi) is 7.63. The van der Waals surface area contributed by atoms with Gasteiger partial charge in [0.1, 0.15) is 0 Å². The number of hydrogen-bond acceptors (Lipinski definition) is 7. The maximum Gasteiger partial charge on any atom is 0.418 e. The number of carbonyl (C=O) groups excluding carboxylic acids is 1. The number of rotatable bonds is 9. The second kappa shape index (κ2) is 10.4. The average Bonchev–Trinajstić information content (AvgIpc) is 3.24. The molecule has 1 heterocycles. The first kappa shape index (κ1) is 24.2. The van der Waals surface area contributed by atoms with Gasteiger partial charge in [-0.3, -0.25) is 14.9 Å². The third kappa shape index (κ3) is 6.28. The van der Waals surface area contributed by atoms with Gasteiger partial charge in [-0.15, -0.1) is 5.10 Å². The first-order chi connectivity index (χ1) is 15.7. The van der Waals surface area contributed by atoms with Gasteiger partial charge in [0.25, 0.3) is 5.69 Å². The minimum Gasteiger partial charge on any atom is -0.325 e. The van der Waals surface area contributed by atoms with Crippen LogP contribution in [0.25, 0.3) is 5.69 Å². The van der Waals surface area contributed by atoms with Crippen LogP contribution < -0.4 is 5.32 Å². The second-order valence-corrected chi connectivity index (χ2v) is 7.91. The lowest BCUT2D eigenvalue weighted by atomic mass is 10.1. The van der Waals surface area contributed by atoms with E-state index >= 15 is 0 Å². The summed E-state index contributed by atoms with van der Waals surface area (Å²) in [4.78, 5) is 22.1. The summed E-state index contributed by atoms with van der Waals surface area (Å²) in [6, 6.07) is 9.74. The molecular weight excluding hydrogens is 461 g/mol. The highest BCUT2D eigenvalue weighted by Gasteiger charge is 2.35. The van der Waals surface area contributed by atoms with Crippen LogP contribution in [0.1, 0.15) is 30.9 Å². The van der Waals surface area contributed by atoms with Crippen LogP contribution in [0.3, 0.4) is 0 Å². The summed E-state index contributed by atoms with van der Waals surface area (Å²) in [6.07, 6.45) is -1.76. The van der Waals surface area contributed by atoms with E-state index in [1.165, 1.54) is 10.2 Å². The molecule has 1 N–H and O–H groups in total. The topological polar surface area (TPSA) is 116 Å². The molecule has 0 saturated carbocycles. The fourth-order valence-electron chi connectivity index (χ4n) is 2.92. The smallest absolute Gasteiger partial charge is 0.325 e. The Morgan fingerprint density at radius 2 is 1.94 bits per heavy atom. The Hall–Kier alpha value is -3.48. The monoisotopic (exact) mass is 480 g/mol. The van der Waals surface area contributed by atoms with Crippen molar-refractivity contribution in [1.82, 2.24) is 20.2 Å². The first-order valence-corrected chi connectivity index (χ1v) is 10.8. The van der Waals surface area contributed by atoms with Crippen LogP contribution in [0.5, 0.6) is 0 Å². The normalized spacial score (nSPS) is 11.4. The van der Waals surface area contributed by atoms with E-state index in [9.17, 15) is 28.1 Å². The Labute approximate surface area is 190 Å². The predicted molar refractivity (Wildman–Crippen MR) is 115 cm³/mol. The molecule has 0 aliphatic rings. The Bertz CT molecular complexity index is 1130. The lowest BCUT2D eigenvalue weighted by Crippen LogP contribution is -2.18. The van der Waals surface area contributed by atoms with Crippen molar-refractivity contribution in [3.63, 3.8) is 0 Å². The van der Waals surface area contributed by atoms with Gasteiger partial charge < -0.3 is 5.32 Å². The van der Waals surface area contributed by atoms with E-state index in [-0.39, 0.29) is 10.9 Å². The number of non-ortho nitro benzene ring substituents is 1. The minimum absolute atomic E-state index is 0.275. The summed E-state index contributed by atoms with van der Waals surface area (Å²) < 4.78 is 41.3. The maximum atomic E-state index is 13.3. The van der Waals surface area contributed by atoms with E-state index in [0.717, 1.165) is 43.2 Å². The minimum atomic E-state index is -4.88. The molecule has 0 bridgehead atoms. The zero-order valence-corrected chi connectivity index (χ0v) is 18.2. The molecule has 2 aromatic carbocycles. The molecule has 13 heteroatoms. The van der Waals surface area contributed by atoms with Crippen molar-refractivity contribution >= 4 is 29.0 Å². The van der Waals surface area contributed by atoms with Crippen molar-refractivity contribution in [3.8, 4) is 5.69 Å². The van der Waals surface area contributed by atoms with Gasteiger partial charge in [-0.1, -0.05) is 37.2 Å². The zero-order chi connectivity index (χ0) is 24.0. The lowest BCUT2D eigenvalue weighted by Gasteiger charge is -2.13. The Balaban J connectivity index is 1.68. The van der Waals surface area contributed by atoms with Crippen molar-refractivity contribution in [2.75, 3.05) is 11.1 Å². The van der Waals surface area contributed by atoms with Crippen molar-refractivity contribution in [1.29, 1.82) is 0 Å². The second-order valence-electron chi connectivity index (χ2n) is 6.96. The number of aryl methyl sites for hydroxylation is 1. The number of carbonyl (C=O) groups is 1. The van der Waals surface area contributed by atoms with Gasteiger partial charge in [0.15, 0.2) is 0 Å². The third-order valence-electron chi connectivity index (χ3n) is 4.57. The van der Waals surface area contributed by atoms with Crippen molar-refractivity contribution in [3.05, 3.63) is 63.7 Å². The number of amides is 1. The molecule has 0 saturated heterocycles. The van der Waals surface area contributed by atoms with Gasteiger partial charge in [0, 0.05) is 12.1 Å². The summed E-state index contributed by atoms with van der Waals surface area (Å²) >= 11 is 0.941. The van der Waals surface area contributed by atoms with E-state index in [0.29, 0.717) is 11.8 Å². The number of anilines is 1. The number of nitro groups is 1. The molecule has 0 aliphatic heterocycles. The van der Waals surface area contributed by atoms with Crippen LogP contribution in [0.2, 0.25) is 0 Å². The summed E-state index contributed by atoms with van der Waals surface area (Å²) in [5.74, 6) is -1.02. The number of nitrogens with one attached hydrogen (secondary N) is 1. The number of hydrogen-bond donors (Lipinski definition) is 1. The molecule has 1 amide bonds. The predicted octanol–water partition coefficient (Wildman–Crippen LogP) is 4.66. The summed E-state index contributed by atoms with van der Waals surface area (Å²) in [5, 5.41) is 24.6. The third-order valence-corrected chi connectivity index (χ3v) is 5.49. The highest BCUT2D eigenvalue weighted by atomic mass is 32.2. The summed E-state index contributed by atoms with van der Waals surface area (Å²) in [7, 11) is 0. The number of nitro benzene ring substituents is 1. The number of unbranched alkanes of at least 4 members (excludes halogenated alkanes) is 1. The molecule has 1 aromatic heterocycles. The van der Waals surface area contributed by atoms with Gasteiger partial charge in [-0.05, 0) is 47.0 Å². The van der Waals surface area contributed by atoms with Gasteiger partial charge in [0.2, 0.25) is 11.1 Å². The number of aromatic nitrogens is 4. The molecule has 33 heavy (non-hydrogen) atoms. The standard InChI is InChI=1S/C20H19F3N6O3S/c1-2-3-4-13-5-7-14(8-6-13)28-19(25-26-27-28)33-12-18(30)24-17-10-9-15(29(31)32)11-16(17)20(21,22)23/h5-11H,2-4,12H2,1H3,(H,24,30). The SMILES string of the molecule is CCCCc1ccc(-n2nnnc2SCC(=O)Nc2ccc([N+](=O)[O-])cc2C(F)(F)F)cc1. The fourth-order valence-corrected chi connectivity index (χ4v) is 3.61. The van der Waals surface area contributed by atoms with Crippen LogP contribution in [0.15, 0.2) is 47.6 Å². The highest BCUT2D eigenvalue weighted by molar-refractivity contribution is 7.99. The number of nitrogens with zero attached hydrogens (tertiary/aromatic N) is 5. The quantitative estimate of drug-likeness (QED) is 0.269. The first-order valence-electron chi connectivity index (χ1n) is 9.85. The lowest BCUT2D eigenvalue weighted by molar-refractivity contribution is -0.385. The summed E-state index contributed by atoms with van der Waals surface area (Å²) in [6.45, 7) is 2.11. The van der Waals surface area contributed by atoms with Gasteiger partial charge in [-0.25, -0.2) is 0 Å². The van der Waals surface area contributed by atoms with E-state index in [4.69, 9.17) is 0 Å². The maximum absolute atomic E-state index is 13.3. The van der Waals surface area contributed by atoms with Crippen LogP contribution in [-0.4, -0.2) is 36.8 Å². The largest absolute Gasteiger partial charge is 0.418 e.